The lowest BCUT2D eigenvalue weighted by Gasteiger charge is -2.10. The highest BCUT2D eigenvalue weighted by atomic mass is 35.5. The minimum absolute atomic E-state index is 0.0104. The van der Waals surface area contributed by atoms with Crippen LogP contribution in [0.15, 0.2) is 53.6 Å². The van der Waals surface area contributed by atoms with E-state index in [0.717, 1.165) is 35.6 Å². The smallest absolute Gasteiger partial charge is 0.348 e. The summed E-state index contributed by atoms with van der Waals surface area (Å²) in [5.41, 5.74) is -0.894. The number of hydrogen-bond acceptors (Lipinski definition) is 5. The molecule has 0 atom stereocenters. The van der Waals surface area contributed by atoms with Crippen LogP contribution in [0.1, 0.15) is 21.5 Å². The zero-order valence-corrected chi connectivity index (χ0v) is 17.6. The van der Waals surface area contributed by atoms with Crippen molar-refractivity contribution < 1.29 is 30.8 Å². The molecule has 0 aliphatic rings. The molecule has 6 nitrogen and oxygen atoms in total. The third kappa shape index (κ3) is 5.71. The molecule has 31 heavy (non-hydrogen) atoms. The van der Waals surface area contributed by atoms with E-state index >= 15 is 0 Å². The van der Waals surface area contributed by atoms with Crippen LogP contribution < -0.4 is 10.0 Å². The van der Waals surface area contributed by atoms with E-state index in [-0.39, 0.29) is 16.0 Å². The minimum Gasteiger partial charge on any atom is -0.348 e. The van der Waals surface area contributed by atoms with E-state index in [1.54, 1.807) is 0 Å². The summed E-state index contributed by atoms with van der Waals surface area (Å²) in [6.07, 6.45) is -3.23. The van der Waals surface area contributed by atoms with Crippen LogP contribution in [0.25, 0.3) is 0 Å². The fraction of sp³-hybridized carbons (Fsp3) is 0.111. The number of anilines is 1. The molecule has 2 aromatic carbocycles. The van der Waals surface area contributed by atoms with Gasteiger partial charge in [-0.05, 0) is 35.9 Å². The van der Waals surface area contributed by atoms with Gasteiger partial charge in [-0.1, -0.05) is 35.1 Å². The van der Waals surface area contributed by atoms with Gasteiger partial charge in [0, 0.05) is 6.54 Å². The topological polar surface area (TPSA) is 88.2 Å². The predicted molar refractivity (Wildman–Crippen MR) is 107 cm³/mol. The average molecular weight is 494 g/mol. The maximum absolute atomic E-state index is 14.4. The second kappa shape index (κ2) is 8.81. The fourth-order valence-electron chi connectivity index (χ4n) is 2.41. The van der Waals surface area contributed by atoms with Gasteiger partial charge in [0.1, 0.15) is 10.2 Å². The fourth-order valence-corrected chi connectivity index (χ4v) is 4.48. The third-order valence-corrected chi connectivity index (χ3v) is 6.43. The Bertz CT molecular complexity index is 1210. The van der Waals surface area contributed by atoms with Crippen molar-refractivity contribution in [2.75, 3.05) is 4.72 Å². The molecule has 13 heteroatoms. The lowest BCUT2D eigenvalue weighted by molar-refractivity contribution is -0.137. The Morgan fingerprint density at radius 2 is 1.81 bits per heavy atom. The molecule has 0 bridgehead atoms. The summed E-state index contributed by atoms with van der Waals surface area (Å²) in [5, 5.41) is 2.36. The number of benzene rings is 2. The molecule has 0 saturated heterocycles. The van der Waals surface area contributed by atoms with Crippen LogP contribution in [0.2, 0.25) is 4.34 Å². The summed E-state index contributed by atoms with van der Waals surface area (Å²) in [7, 11) is -4.16. The summed E-state index contributed by atoms with van der Waals surface area (Å²) in [6, 6.07) is 6.80. The van der Waals surface area contributed by atoms with E-state index in [9.17, 15) is 30.8 Å². The van der Waals surface area contributed by atoms with Gasteiger partial charge in [0.15, 0.2) is 5.13 Å². The highest BCUT2D eigenvalue weighted by Gasteiger charge is 2.30. The molecule has 0 aliphatic carbocycles. The van der Waals surface area contributed by atoms with Crippen molar-refractivity contribution >= 4 is 44.0 Å². The number of alkyl halides is 3. The molecule has 1 heterocycles. The molecule has 164 valence electrons. The van der Waals surface area contributed by atoms with Crippen LogP contribution in [-0.2, 0) is 22.7 Å². The molecule has 0 unspecified atom stereocenters. The number of thiazole rings is 1. The van der Waals surface area contributed by atoms with Gasteiger partial charge in [0.05, 0.1) is 22.2 Å². The quantitative estimate of drug-likeness (QED) is 0.488. The summed E-state index contributed by atoms with van der Waals surface area (Å²) in [4.78, 5) is 15.5. The van der Waals surface area contributed by atoms with Crippen molar-refractivity contribution in [2.45, 2.75) is 17.6 Å². The van der Waals surface area contributed by atoms with E-state index in [4.69, 9.17) is 11.6 Å². The Morgan fingerprint density at radius 3 is 2.35 bits per heavy atom. The van der Waals surface area contributed by atoms with Crippen LogP contribution >= 0.6 is 22.9 Å². The zero-order valence-electron chi connectivity index (χ0n) is 15.2. The first kappa shape index (κ1) is 23.0. The van der Waals surface area contributed by atoms with Gasteiger partial charge in [-0.2, -0.15) is 13.2 Å². The number of carbonyl (C=O) groups excluding carboxylic acids is 1. The molecule has 2 N–H and O–H groups in total. The lowest BCUT2D eigenvalue weighted by Crippen LogP contribution is -2.24. The molecule has 0 aliphatic heterocycles. The van der Waals surface area contributed by atoms with Gasteiger partial charge in [0.25, 0.3) is 15.9 Å². The molecular formula is C18H12ClF4N3O3S2. The first-order valence-electron chi connectivity index (χ1n) is 8.34. The SMILES string of the molecule is O=C(NCc1ccc(C(F)(F)F)cc1)c1ccc(S(=O)(=O)Nc2ncc(Cl)s2)cc1F. The highest BCUT2D eigenvalue weighted by molar-refractivity contribution is 7.93. The number of aromatic nitrogens is 1. The summed E-state index contributed by atoms with van der Waals surface area (Å²) in [5.74, 6) is -1.95. The number of nitrogens with zero attached hydrogens (tertiary/aromatic N) is 1. The van der Waals surface area contributed by atoms with E-state index in [2.05, 4.69) is 15.0 Å². The summed E-state index contributed by atoms with van der Waals surface area (Å²) in [6.45, 7) is -0.150. The zero-order chi connectivity index (χ0) is 22.8. The number of sulfonamides is 1. The largest absolute Gasteiger partial charge is 0.416 e. The number of halogens is 5. The van der Waals surface area contributed by atoms with Crippen molar-refractivity contribution in [1.29, 1.82) is 0 Å². The summed E-state index contributed by atoms with van der Waals surface area (Å²) < 4.78 is 79.1. The first-order valence-corrected chi connectivity index (χ1v) is 11.0. The van der Waals surface area contributed by atoms with Crippen LogP contribution in [-0.4, -0.2) is 19.3 Å². The van der Waals surface area contributed by atoms with Crippen molar-refractivity contribution in [3.63, 3.8) is 0 Å². The van der Waals surface area contributed by atoms with Gasteiger partial charge in [-0.3, -0.25) is 9.52 Å². The van der Waals surface area contributed by atoms with Crippen molar-refractivity contribution in [1.82, 2.24) is 10.3 Å². The normalized spacial score (nSPS) is 11.9. The average Bonchev–Trinajstić information content (AvgIpc) is 3.09. The number of amides is 1. The number of nitrogens with one attached hydrogen (secondary N) is 2. The number of rotatable bonds is 6. The highest BCUT2D eigenvalue weighted by Crippen LogP contribution is 2.29. The number of carbonyl (C=O) groups is 1. The Labute approximate surface area is 182 Å². The Morgan fingerprint density at radius 1 is 1.13 bits per heavy atom. The standard InChI is InChI=1S/C18H12ClF4N3O3S2/c19-15-9-25-17(30-15)26-31(28,29)12-5-6-13(14(20)7-12)16(27)24-8-10-1-3-11(4-2-10)18(21,22)23/h1-7,9H,8H2,(H,24,27)(H,25,26). The molecule has 0 radical (unpaired) electrons. The van der Waals surface area contributed by atoms with E-state index in [1.165, 1.54) is 18.3 Å². The maximum atomic E-state index is 14.4. The molecule has 0 fully saturated rings. The van der Waals surface area contributed by atoms with Gasteiger partial charge in [-0.25, -0.2) is 17.8 Å². The van der Waals surface area contributed by atoms with E-state index in [0.29, 0.717) is 11.6 Å². The molecule has 3 aromatic rings. The van der Waals surface area contributed by atoms with Gasteiger partial charge < -0.3 is 5.32 Å². The van der Waals surface area contributed by atoms with Gasteiger partial charge >= 0.3 is 6.18 Å². The van der Waals surface area contributed by atoms with Crippen LogP contribution in [0, 0.1) is 5.82 Å². The molecule has 1 amide bonds. The second-order valence-corrected chi connectivity index (χ2v) is 9.44. The lowest BCUT2D eigenvalue weighted by atomic mass is 10.1. The first-order chi connectivity index (χ1) is 14.5. The van der Waals surface area contributed by atoms with Gasteiger partial charge in [0.2, 0.25) is 0 Å². The Hall–Kier alpha value is -2.70. The van der Waals surface area contributed by atoms with Crippen molar-refractivity contribution in [2.24, 2.45) is 0 Å². The Balaban J connectivity index is 1.68. The van der Waals surface area contributed by atoms with Crippen LogP contribution in [0.3, 0.4) is 0 Å². The van der Waals surface area contributed by atoms with Crippen LogP contribution in [0.5, 0.6) is 0 Å². The van der Waals surface area contributed by atoms with Crippen LogP contribution in [0.4, 0.5) is 22.7 Å². The van der Waals surface area contributed by atoms with Crippen molar-refractivity contribution in [3.8, 4) is 0 Å². The second-order valence-electron chi connectivity index (χ2n) is 6.09. The monoisotopic (exact) mass is 493 g/mol. The van der Waals surface area contributed by atoms with E-state index < -0.39 is 43.9 Å². The predicted octanol–water partition coefficient (Wildman–Crippen LogP) is 4.69. The molecule has 0 spiro atoms. The third-order valence-electron chi connectivity index (χ3n) is 3.93. The molecular weight excluding hydrogens is 482 g/mol. The Kier molecular flexibility index (Phi) is 6.53. The maximum Gasteiger partial charge on any atom is 0.416 e. The summed E-state index contributed by atoms with van der Waals surface area (Å²) >= 11 is 6.56. The molecule has 1 aromatic heterocycles. The number of hydrogen-bond donors (Lipinski definition) is 2. The van der Waals surface area contributed by atoms with Crippen molar-refractivity contribution in [3.05, 3.63) is 75.5 Å². The van der Waals surface area contributed by atoms with Gasteiger partial charge in [-0.15, -0.1) is 0 Å². The molecule has 0 saturated carbocycles. The molecule has 3 rings (SSSR count). The van der Waals surface area contributed by atoms with E-state index in [1.807, 2.05) is 0 Å². The minimum atomic E-state index is -4.48.